The van der Waals surface area contributed by atoms with Gasteiger partial charge in [0.2, 0.25) is 0 Å². The van der Waals surface area contributed by atoms with Crippen molar-refractivity contribution < 1.29 is 28.2 Å². The van der Waals surface area contributed by atoms with Gasteiger partial charge >= 0.3 is 11.9 Å². The molecule has 0 radical (unpaired) electrons. The number of methoxy groups -OCH3 is 1. The normalized spacial score (nSPS) is 11.0. The third-order valence-corrected chi connectivity index (χ3v) is 5.19. The van der Waals surface area contributed by atoms with Crippen LogP contribution in [0.25, 0.3) is 11.0 Å². The third-order valence-electron chi connectivity index (χ3n) is 4.01. The van der Waals surface area contributed by atoms with Crippen molar-refractivity contribution in [3.8, 4) is 11.5 Å². The Morgan fingerprint density at radius 1 is 1.16 bits per heavy atom. The molecule has 1 heterocycles. The highest BCUT2D eigenvalue weighted by Crippen LogP contribution is 2.33. The van der Waals surface area contributed by atoms with Crippen LogP contribution in [0.15, 0.2) is 54.9 Å². The van der Waals surface area contributed by atoms with Crippen molar-refractivity contribution in [1.82, 2.24) is 5.43 Å². The average Bonchev–Trinajstić information content (AvgIpc) is 3.17. The van der Waals surface area contributed by atoms with E-state index in [1.54, 1.807) is 31.2 Å². The van der Waals surface area contributed by atoms with Crippen molar-refractivity contribution in [2.75, 3.05) is 20.3 Å². The minimum absolute atomic E-state index is 0.143. The van der Waals surface area contributed by atoms with Gasteiger partial charge in [0.15, 0.2) is 23.9 Å². The molecule has 8 nitrogen and oxygen atoms in total. The van der Waals surface area contributed by atoms with Crippen LogP contribution < -0.4 is 14.9 Å². The maximum absolute atomic E-state index is 12.3. The van der Waals surface area contributed by atoms with Crippen LogP contribution in [0.2, 0.25) is 0 Å². The highest BCUT2D eigenvalue weighted by atomic mass is 79.9. The predicted octanol–water partition coefficient (Wildman–Crippen LogP) is 4.67. The molecule has 0 atom stereocenters. The molecule has 0 fully saturated rings. The van der Waals surface area contributed by atoms with E-state index >= 15 is 0 Å². The summed E-state index contributed by atoms with van der Waals surface area (Å²) in [6.45, 7) is 1.75. The molecule has 0 aliphatic carbocycles. The maximum atomic E-state index is 12.3. The Labute approximate surface area is 194 Å². The van der Waals surface area contributed by atoms with Crippen LogP contribution in [0.3, 0.4) is 0 Å². The minimum atomic E-state index is -0.485. The van der Waals surface area contributed by atoms with E-state index in [1.165, 1.54) is 13.3 Å². The fourth-order valence-electron chi connectivity index (χ4n) is 2.60. The SMILES string of the molecule is CCOC(=O)COc1cc(Br)c(/C=N/NC(=O)c2cc3cc(Br)ccc3o2)cc1OC. The lowest BCUT2D eigenvalue weighted by molar-refractivity contribution is -0.145. The zero-order valence-electron chi connectivity index (χ0n) is 16.6. The Kier molecular flexibility index (Phi) is 7.69. The van der Waals surface area contributed by atoms with Crippen molar-refractivity contribution >= 4 is 60.9 Å². The van der Waals surface area contributed by atoms with Crippen molar-refractivity contribution in [1.29, 1.82) is 0 Å². The number of benzene rings is 2. The smallest absolute Gasteiger partial charge is 0.344 e. The number of ether oxygens (including phenoxy) is 3. The number of nitrogens with one attached hydrogen (secondary N) is 1. The average molecular weight is 554 g/mol. The van der Waals surface area contributed by atoms with Gasteiger partial charge in [-0.25, -0.2) is 10.2 Å². The summed E-state index contributed by atoms with van der Waals surface area (Å²) in [6, 6.07) is 10.4. The first-order valence-electron chi connectivity index (χ1n) is 9.09. The first-order chi connectivity index (χ1) is 14.9. The number of carbonyl (C=O) groups is 2. The van der Waals surface area contributed by atoms with Gasteiger partial charge in [-0.3, -0.25) is 4.79 Å². The first-order valence-corrected chi connectivity index (χ1v) is 10.7. The summed E-state index contributed by atoms with van der Waals surface area (Å²) in [5.74, 6) is -0.0715. The second-order valence-corrected chi connectivity index (χ2v) is 7.88. The summed E-state index contributed by atoms with van der Waals surface area (Å²) >= 11 is 6.79. The lowest BCUT2D eigenvalue weighted by Crippen LogP contribution is -2.17. The number of halogens is 2. The van der Waals surface area contributed by atoms with Gasteiger partial charge in [0, 0.05) is 19.9 Å². The largest absolute Gasteiger partial charge is 0.493 e. The number of furan rings is 1. The molecule has 2 aromatic carbocycles. The molecule has 1 aromatic heterocycles. The number of nitrogens with zero attached hydrogens (tertiary/aromatic N) is 1. The van der Waals surface area contributed by atoms with Crippen molar-refractivity contribution in [2.45, 2.75) is 6.92 Å². The van der Waals surface area contributed by atoms with E-state index in [0.717, 1.165) is 9.86 Å². The summed E-state index contributed by atoms with van der Waals surface area (Å²) < 4.78 is 22.7. The molecule has 10 heteroatoms. The zero-order chi connectivity index (χ0) is 22.4. The van der Waals surface area contributed by atoms with E-state index in [1.807, 2.05) is 12.1 Å². The summed E-state index contributed by atoms with van der Waals surface area (Å²) in [6.07, 6.45) is 1.44. The molecule has 1 amide bonds. The highest BCUT2D eigenvalue weighted by molar-refractivity contribution is 9.10. The van der Waals surface area contributed by atoms with Crippen LogP contribution in [0.5, 0.6) is 11.5 Å². The summed E-state index contributed by atoms with van der Waals surface area (Å²) in [7, 11) is 1.48. The standard InChI is InChI=1S/C21H18Br2N2O6/c1-3-29-20(26)11-30-18-9-15(23)13(8-17(18)28-2)10-24-25-21(27)19-7-12-6-14(22)4-5-16(12)31-19/h4-10H,3,11H2,1-2H3,(H,25,27)/b24-10+. The molecule has 3 rings (SSSR count). The summed E-state index contributed by atoms with van der Waals surface area (Å²) in [5.41, 5.74) is 3.65. The summed E-state index contributed by atoms with van der Waals surface area (Å²) in [4.78, 5) is 23.8. The molecule has 162 valence electrons. The Bertz CT molecular complexity index is 1140. The monoisotopic (exact) mass is 552 g/mol. The Balaban J connectivity index is 1.69. The van der Waals surface area contributed by atoms with Crippen LogP contribution in [0.1, 0.15) is 23.0 Å². The van der Waals surface area contributed by atoms with Crippen LogP contribution in [0, 0.1) is 0 Å². The van der Waals surface area contributed by atoms with E-state index in [4.69, 9.17) is 18.6 Å². The van der Waals surface area contributed by atoms with Crippen molar-refractivity contribution in [3.63, 3.8) is 0 Å². The van der Waals surface area contributed by atoms with Gasteiger partial charge in [0.25, 0.3) is 0 Å². The fourth-order valence-corrected chi connectivity index (χ4v) is 3.41. The van der Waals surface area contributed by atoms with Gasteiger partial charge in [-0.05, 0) is 59.3 Å². The lowest BCUT2D eigenvalue weighted by Gasteiger charge is -2.12. The summed E-state index contributed by atoms with van der Waals surface area (Å²) in [5, 5.41) is 4.78. The van der Waals surface area contributed by atoms with Gasteiger partial charge in [-0.2, -0.15) is 5.10 Å². The van der Waals surface area contributed by atoms with Crippen LogP contribution in [-0.2, 0) is 9.53 Å². The maximum Gasteiger partial charge on any atom is 0.344 e. The van der Waals surface area contributed by atoms with Gasteiger partial charge in [-0.15, -0.1) is 0 Å². The lowest BCUT2D eigenvalue weighted by atomic mass is 10.2. The van der Waals surface area contributed by atoms with Crippen molar-refractivity contribution in [2.24, 2.45) is 5.10 Å². The first kappa shape index (κ1) is 22.8. The van der Waals surface area contributed by atoms with E-state index in [9.17, 15) is 9.59 Å². The fraction of sp³-hybridized carbons (Fsp3) is 0.190. The predicted molar refractivity (Wildman–Crippen MR) is 122 cm³/mol. The molecule has 0 unspecified atom stereocenters. The van der Waals surface area contributed by atoms with Gasteiger partial charge in [0.05, 0.1) is 19.9 Å². The quantitative estimate of drug-likeness (QED) is 0.247. The van der Waals surface area contributed by atoms with E-state index in [-0.39, 0.29) is 19.0 Å². The molecule has 0 spiro atoms. The molecule has 31 heavy (non-hydrogen) atoms. The molecule has 0 bridgehead atoms. The molecule has 0 saturated heterocycles. The number of hydrogen-bond donors (Lipinski definition) is 1. The van der Waals surface area contributed by atoms with Gasteiger partial charge < -0.3 is 18.6 Å². The van der Waals surface area contributed by atoms with Crippen LogP contribution in [-0.4, -0.2) is 38.4 Å². The van der Waals surface area contributed by atoms with E-state index < -0.39 is 11.9 Å². The van der Waals surface area contributed by atoms with Gasteiger partial charge in [0.1, 0.15) is 5.58 Å². The topological polar surface area (TPSA) is 99.4 Å². The number of carbonyl (C=O) groups excluding carboxylic acids is 2. The minimum Gasteiger partial charge on any atom is -0.493 e. The molecule has 0 aliphatic heterocycles. The molecular weight excluding hydrogens is 536 g/mol. The number of amides is 1. The Morgan fingerprint density at radius 3 is 2.71 bits per heavy atom. The molecule has 1 N–H and O–H groups in total. The van der Waals surface area contributed by atoms with Gasteiger partial charge in [-0.1, -0.05) is 15.9 Å². The third kappa shape index (κ3) is 5.86. The number of hydrazone groups is 1. The van der Waals surface area contributed by atoms with Crippen LogP contribution in [0.4, 0.5) is 0 Å². The molecule has 0 aliphatic rings. The number of fused-ring (bicyclic) bond motifs is 1. The van der Waals surface area contributed by atoms with Crippen molar-refractivity contribution in [3.05, 3.63) is 56.7 Å². The number of rotatable bonds is 8. The Morgan fingerprint density at radius 2 is 1.97 bits per heavy atom. The Hall–Kier alpha value is -2.85. The van der Waals surface area contributed by atoms with E-state index in [0.29, 0.717) is 27.1 Å². The number of hydrogen-bond acceptors (Lipinski definition) is 7. The zero-order valence-corrected chi connectivity index (χ0v) is 19.8. The molecule has 3 aromatic rings. The van der Waals surface area contributed by atoms with E-state index in [2.05, 4.69) is 42.4 Å². The molecular formula is C21H18Br2N2O6. The molecule has 0 saturated carbocycles. The second-order valence-electron chi connectivity index (χ2n) is 6.11. The van der Waals surface area contributed by atoms with Crippen LogP contribution >= 0.6 is 31.9 Å². The second kappa shape index (κ2) is 10.5. The highest BCUT2D eigenvalue weighted by Gasteiger charge is 2.13. The number of esters is 1.